The van der Waals surface area contributed by atoms with Crippen LogP contribution in [0.25, 0.3) is 0 Å². The number of rotatable bonds is 11. The molecule has 1 aliphatic heterocycles. The Bertz CT molecular complexity index is 554. The summed E-state index contributed by atoms with van der Waals surface area (Å²) in [6, 6.07) is 8.54. The molecule has 7 nitrogen and oxygen atoms in total. The van der Waals surface area contributed by atoms with E-state index in [1.54, 1.807) is 7.11 Å². The lowest BCUT2D eigenvalue weighted by Gasteiger charge is -2.27. The number of aliphatic imine (C=N–C) groups is 1. The molecule has 2 rings (SSSR count). The second kappa shape index (κ2) is 15.9. The number of hydrogen-bond donors (Lipinski definition) is 2. The molecular weight excluding hydrogens is 471 g/mol. The molecule has 1 aromatic rings. The van der Waals surface area contributed by atoms with Crippen molar-refractivity contribution in [2.45, 2.75) is 20.0 Å². The summed E-state index contributed by atoms with van der Waals surface area (Å²) in [5.74, 6) is 0.814. The Labute approximate surface area is 186 Å². The minimum absolute atomic E-state index is 0. The molecule has 0 bridgehead atoms. The second-order valence-electron chi connectivity index (χ2n) is 6.38. The number of nitrogens with one attached hydrogen (secondary N) is 2. The van der Waals surface area contributed by atoms with Gasteiger partial charge < -0.3 is 24.8 Å². The summed E-state index contributed by atoms with van der Waals surface area (Å²) >= 11 is 0. The first kappa shape index (κ1) is 25.1. The Morgan fingerprint density at radius 1 is 1.11 bits per heavy atom. The minimum Gasteiger partial charge on any atom is -0.382 e. The van der Waals surface area contributed by atoms with Gasteiger partial charge in [0.1, 0.15) is 0 Å². The van der Waals surface area contributed by atoms with Gasteiger partial charge in [-0.15, -0.1) is 24.0 Å². The number of ether oxygens (including phenoxy) is 3. The van der Waals surface area contributed by atoms with E-state index in [-0.39, 0.29) is 24.0 Å². The lowest BCUT2D eigenvalue weighted by atomic mass is 10.1. The van der Waals surface area contributed by atoms with Gasteiger partial charge in [0.05, 0.1) is 39.6 Å². The van der Waals surface area contributed by atoms with Crippen LogP contribution in [0.2, 0.25) is 0 Å². The highest BCUT2D eigenvalue weighted by molar-refractivity contribution is 14.0. The molecule has 0 spiro atoms. The molecule has 0 amide bonds. The predicted molar refractivity (Wildman–Crippen MR) is 123 cm³/mol. The van der Waals surface area contributed by atoms with Gasteiger partial charge in [-0.25, -0.2) is 4.99 Å². The van der Waals surface area contributed by atoms with E-state index in [9.17, 15) is 0 Å². The number of benzene rings is 1. The molecular formula is C20H35IN4O3. The van der Waals surface area contributed by atoms with Gasteiger partial charge in [0.25, 0.3) is 0 Å². The van der Waals surface area contributed by atoms with Crippen LogP contribution in [0.15, 0.2) is 29.3 Å². The molecule has 28 heavy (non-hydrogen) atoms. The molecule has 1 heterocycles. The van der Waals surface area contributed by atoms with Crippen LogP contribution < -0.4 is 10.6 Å². The van der Waals surface area contributed by atoms with Gasteiger partial charge >= 0.3 is 0 Å². The summed E-state index contributed by atoms with van der Waals surface area (Å²) in [7, 11) is 1.68. The summed E-state index contributed by atoms with van der Waals surface area (Å²) in [5, 5.41) is 6.60. The molecule has 0 unspecified atom stereocenters. The van der Waals surface area contributed by atoms with Crippen molar-refractivity contribution in [3.63, 3.8) is 0 Å². The van der Waals surface area contributed by atoms with Crippen molar-refractivity contribution in [1.29, 1.82) is 0 Å². The fourth-order valence-electron chi connectivity index (χ4n) is 2.86. The van der Waals surface area contributed by atoms with Gasteiger partial charge in [0, 0.05) is 39.8 Å². The Balaban J connectivity index is 0.00000392. The number of nitrogens with zero attached hydrogens (tertiary/aromatic N) is 2. The number of hydrogen-bond acceptors (Lipinski definition) is 5. The molecule has 1 aliphatic rings. The highest BCUT2D eigenvalue weighted by Gasteiger charge is 2.12. The third kappa shape index (κ3) is 10.0. The minimum atomic E-state index is 0. The third-order valence-corrected chi connectivity index (χ3v) is 4.34. The predicted octanol–water partition coefficient (Wildman–Crippen LogP) is 1.85. The lowest BCUT2D eigenvalue weighted by molar-refractivity contribution is 0.0341. The maximum absolute atomic E-state index is 5.48. The van der Waals surface area contributed by atoms with E-state index >= 15 is 0 Å². The maximum Gasteiger partial charge on any atom is 0.191 e. The van der Waals surface area contributed by atoms with Crippen LogP contribution >= 0.6 is 24.0 Å². The van der Waals surface area contributed by atoms with Crippen molar-refractivity contribution in [2.75, 3.05) is 66.3 Å². The average molecular weight is 506 g/mol. The van der Waals surface area contributed by atoms with Crippen LogP contribution in [0.1, 0.15) is 18.1 Å². The fourth-order valence-corrected chi connectivity index (χ4v) is 2.86. The van der Waals surface area contributed by atoms with Gasteiger partial charge in [-0.05, 0) is 18.1 Å². The molecule has 160 valence electrons. The van der Waals surface area contributed by atoms with E-state index in [2.05, 4.69) is 46.7 Å². The molecule has 0 atom stereocenters. The first-order valence-electron chi connectivity index (χ1n) is 9.79. The molecule has 0 aliphatic carbocycles. The Kier molecular flexibility index (Phi) is 14.3. The standard InChI is InChI=1S/C20H34N4O3.HI/c1-3-21-20(22-8-11-26-15-14-25-2)23-16-18-6-4-5-7-19(18)17-24-9-12-27-13-10-24;/h4-7H,3,8-17H2,1-2H3,(H2,21,22,23);1H. The van der Waals surface area contributed by atoms with E-state index < -0.39 is 0 Å². The Hall–Kier alpha value is -0.940. The fraction of sp³-hybridized carbons (Fsp3) is 0.650. The molecule has 1 fully saturated rings. The summed E-state index contributed by atoms with van der Waals surface area (Å²) in [6.07, 6.45) is 0. The number of halogens is 1. The maximum atomic E-state index is 5.48. The van der Waals surface area contributed by atoms with Gasteiger partial charge in [0.15, 0.2) is 5.96 Å². The quantitative estimate of drug-likeness (QED) is 0.207. The normalized spacial score (nSPS) is 15.1. The van der Waals surface area contributed by atoms with Crippen molar-refractivity contribution in [2.24, 2.45) is 4.99 Å². The Morgan fingerprint density at radius 2 is 1.86 bits per heavy atom. The Morgan fingerprint density at radius 3 is 2.57 bits per heavy atom. The summed E-state index contributed by atoms with van der Waals surface area (Å²) in [4.78, 5) is 7.18. The van der Waals surface area contributed by atoms with Gasteiger partial charge in [-0.2, -0.15) is 0 Å². The van der Waals surface area contributed by atoms with Crippen molar-refractivity contribution >= 4 is 29.9 Å². The van der Waals surface area contributed by atoms with Gasteiger partial charge in [-0.3, -0.25) is 4.90 Å². The zero-order chi connectivity index (χ0) is 19.2. The highest BCUT2D eigenvalue weighted by atomic mass is 127. The molecule has 0 aromatic heterocycles. The van der Waals surface area contributed by atoms with Crippen LogP contribution in [0, 0.1) is 0 Å². The summed E-state index contributed by atoms with van der Waals surface area (Å²) < 4.78 is 15.9. The van der Waals surface area contributed by atoms with E-state index in [4.69, 9.17) is 19.2 Å². The first-order chi connectivity index (χ1) is 13.3. The topological polar surface area (TPSA) is 67.4 Å². The zero-order valence-electron chi connectivity index (χ0n) is 17.1. The molecule has 1 saturated heterocycles. The van der Waals surface area contributed by atoms with E-state index in [1.165, 1.54) is 11.1 Å². The second-order valence-corrected chi connectivity index (χ2v) is 6.38. The smallest absolute Gasteiger partial charge is 0.191 e. The van der Waals surface area contributed by atoms with Crippen molar-refractivity contribution in [3.8, 4) is 0 Å². The highest BCUT2D eigenvalue weighted by Crippen LogP contribution is 2.14. The summed E-state index contributed by atoms with van der Waals surface area (Å²) in [6.45, 7) is 10.7. The van der Waals surface area contributed by atoms with Crippen LogP contribution in [0.4, 0.5) is 0 Å². The monoisotopic (exact) mass is 506 g/mol. The van der Waals surface area contributed by atoms with Crippen molar-refractivity contribution < 1.29 is 14.2 Å². The molecule has 1 aromatic carbocycles. The van der Waals surface area contributed by atoms with Crippen molar-refractivity contribution in [1.82, 2.24) is 15.5 Å². The average Bonchev–Trinajstić information content (AvgIpc) is 2.70. The van der Waals surface area contributed by atoms with E-state index in [0.717, 1.165) is 45.4 Å². The van der Waals surface area contributed by atoms with Crippen LogP contribution in [-0.2, 0) is 27.3 Å². The summed E-state index contributed by atoms with van der Waals surface area (Å²) in [5.41, 5.74) is 2.60. The van der Waals surface area contributed by atoms with Crippen LogP contribution in [0.5, 0.6) is 0 Å². The molecule has 2 N–H and O–H groups in total. The van der Waals surface area contributed by atoms with E-state index in [1.807, 2.05) is 0 Å². The molecule has 0 saturated carbocycles. The van der Waals surface area contributed by atoms with Crippen LogP contribution in [0.3, 0.4) is 0 Å². The third-order valence-electron chi connectivity index (χ3n) is 4.34. The molecule has 8 heteroatoms. The largest absolute Gasteiger partial charge is 0.382 e. The molecule has 0 radical (unpaired) electrons. The van der Waals surface area contributed by atoms with Gasteiger partial charge in [0.2, 0.25) is 0 Å². The zero-order valence-corrected chi connectivity index (χ0v) is 19.4. The number of guanidine groups is 1. The first-order valence-corrected chi connectivity index (χ1v) is 9.79. The number of morpholine rings is 1. The number of methoxy groups -OCH3 is 1. The van der Waals surface area contributed by atoms with Crippen LogP contribution in [-0.4, -0.2) is 77.2 Å². The van der Waals surface area contributed by atoms with Gasteiger partial charge in [-0.1, -0.05) is 24.3 Å². The van der Waals surface area contributed by atoms with Crippen molar-refractivity contribution in [3.05, 3.63) is 35.4 Å². The van der Waals surface area contributed by atoms with E-state index in [0.29, 0.717) is 32.9 Å². The SMILES string of the molecule is CCNC(=NCc1ccccc1CN1CCOCC1)NCCOCCOC.I. The lowest BCUT2D eigenvalue weighted by Crippen LogP contribution is -2.39.